The van der Waals surface area contributed by atoms with Crippen LogP contribution in [0.5, 0.6) is 0 Å². The molecule has 0 amide bonds. The van der Waals surface area contributed by atoms with E-state index < -0.39 is 0 Å². The fraction of sp³-hybridized carbons (Fsp3) is 0.147. The second kappa shape index (κ2) is 30.1. The predicted molar refractivity (Wildman–Crippen MR) is 456 cm³/mol. The van der Waals surface area contributed by atoms with Crippen LogP contribution in [0.25, 0.3) is 199 Å². The van der Waals surface area contributed by atoms with Crippen LogP contribution in [0.15, 0.2) is 282 Å². The fourth-order valence-electron chi connectivity index (χ4n) is 16.6. The first-order valence-electron chi connectivity index (χ1n) is 38.9. The maximum Gasteiger partial charge on any atom is 3.00 e. The normalized spacial score (nSPS) is 11.7. The number of unbranched alkanes of at least 4 members (excludes halogenated alkanes) is 3. The number of pyridine rings is 3. The average Bonchev–Trinajstić information content (AvgIpc) is 1.61. The molecule has 0 saturated carbocycles. The number of rotatable bonds is 15. The van der Waals surface area contributed by atoms with E-state index in [1.165, 1.54) is 16.7 Å². The number of hydrogen-bond donors (Lipinski definition) is 0. The molecule has 0 radical (unpaired) electrons. The molecule has 112 heavy (non-hydrogen) atoms. The summed E-state index contributed by atoms with van der Waals surface area (Å²) in [6.07, 6.45) is 15.7. The van der Waals surface area contributed by atoms with E-state index >= 15 is 0 Å². The van der Waals surface area contributed by atoms with Gasteiger partial charge >= 0.3 is 20.1 Å². The van der Waals surface area contributed by atoms with E-state index in [1.807, 2.05) is 110 Å². The van der Waals surface area contributed by atoms with Gasteiger partial charge in [0, 0.05) is 83.8 Å². The third kappa shape index (κ3) is 12.5. The van der Waals surface area contributed by atoms with Crippen molar-refractivity contribution in [2.75, 3.05) is 0 Å². The van der Waals surface area contributed by atoms with E-state index in [4.69, 9.17) is 41.5 Å². The molecule has 546 valence electrons. The third-order valence-corrected chi connectivity index (χ3v) is 22.2. The topological polar surface area (TPSA) is 118 Å². The van der Waals surface area contributed by atoms with Gasteiger partial charge < -0.3 is 41.5 Å². The van der Waals surface area contributed by atoms with Gasteiger partial charge in [-0.15, -0.1) is 53.1 Å². The molecule has 0 atom stereocenters. The Morgan fingerprint density at radius 2 is 0.509 bits per heavy atom. The van der Waals surface area contributed by atoms with Crippen LogP contribution in [0.2, 0.25) is 0 Å². The SMILES string of the molecule is CCCCc1cnc(-c2[c-]cc(C)c3c2oc2ccccc23)cc1-c1cccc2c1oc1ccccc12.CCCCc1cnc(-c2[c-]cc(C)c3c2oc2ccccc23)cc1-c1cccc2c1oc1ccccc12.CCCCc1cnc(-c2[c-]cc(C)c3c2oc2ccccc23)cc1-c1cccc2c1oc1ccccc12.[Ir+3]. The average molecular weight is 1630 g/mol. The molecule has 9 nitrogen and oxygen atoms in total. The zero-order valence-electron chi connectivity index (χ0n) is 63.2. The molecule has 0 bridgehead atoms. The largest absolute Gasteiger partial charge is 3.00 e. The summed E-state index contributed by atoms with van der Waals surface area (Å²) in [5.41, 5.74) is 29.7. The fourth-order valence-corrected chi connectivity index (χ4v) is 16.6. The second-order valence-electron chi connectivity index (χ2n) is 29.3. The number of fused-ring (bicyclic) bond motifs is 18. The van der Waals surface area contributed by atoms with E-state index in [9.17, 15) is 0 Å². The van der Waals surface area contributed by atoms with Crippen LogP contribution >= 0.6 is 0 Å². The molecule has 0 unspecified atom stereocenters. The van der Waals surface area contributed by atoms with Gasteiger partial charge in [0.25, 0.3) is 0 Å². The minimum absolute atomic E-state index is 0. The third-order valence-electron chi connectivity index (χ3n) is 22.2. The van der Waals surface area contributed by atoms with Crippen LogP contribution in [0.3, 0.4) is 0 Å². The Kier molecular flexibility index (Phi) is 19.1. The molecule has 0 aliphatic heterocycles. The first-order chi connectivity index (χ1) is 54.7. The Labute approximate surface area is 661 Å². The first-order valence-corrected chi connectivity index (χ1v) is 38.9. The molecule has 9 aromatic heterocycles. The molecule has 0 saturated heterocycles. The Morgan fingerprint density at radius 1 is 0.268 bits per heavy atom. The number of furan rings is 6. The van der Waals surface area contributed by atoms with Gasteiger partial charge in [0.15, 0.2) is 0 Å². The van der Waals surface area contributed by atoms with Crippen molar-refractivity contribution >= 4 is 132 Å². The van der Waals surface area contributed by atoms with Gasteiger partial charge in [0.1, 0.15) is 50.2 Å². The summed E-state index contributed by atoms with van der Waals surface area (Å²) in [6.45, 7) is 13.0. The first kappa shape index (κ1) is 71.2. The minimum Gasteiger partial charge on any atom is -0.501 e. The quantitative estimate of drug-likeness (QED) is 0.0925. The summed E-state index contributed by atoms with van der Waals surface area (Å²) in [7, 11) is 0. The zero-order chi connectivity index (χ0) is 74.8. The van der Waals surface area contributed by atoms with Crippen molar-refractivity contribution in [3.05, 3.63) is 307 Å². The molecule has 0 aliphatic rings. The van der Waals surface area contributed by atoms with Crippen molar-refractivity contribution in [2.24, 2.45) is 0 Å². The number of para-hydroxylation sites is 9. The van der Waals surface area contributed by atoms with Crippen LogP contribution in [-0.2, 0) is 39.4 Å². The molecule has 0 aliphatic carbocycles. The Morgan fingerprint density at radius 3 is 0.786 bits per heavy atom. The van der Waals surface area contributed by atoms with E-state index in [0.29, 0.717) is 0 Å². The zero-order valence-corrected chi connectivity index (χ0v) is 65.6. The van der Waals surface area contributed by atoms with Gasteiger partial charge in [0.2, 0.25) is 0 Å². The van der Waals surface area contributed by atoms with Crippen molar-refractivity contribution in [2.45, 2.75) is 99.3 Å². The van der Waals surface area contributed by atoms with Crippen molar-refractivity contribution in [3.8, 4) is 67.2 Å². The molecule has 21 rings (SSSR count). The van der Waals surface area contributed by atoms with E-state index in [-0.39, 0.29) is 20.1 Å². The number of benzene rings is 12. The van der Waals surface area contributed by atoms with Crippen molar-refractivity contribution in [1.29, 1.82) is 0 Å². The summed E-state index contributed by atoms with van der Waals surface area (Å²) < 4.78 is 38.4. The van der Waals surface area contributed by atoms with Crippen LogP contribution in [-0.4, -0.2) is 15.0 Å². The second-order valence-corrected chi connectivity index (χ2v) is 29.3. The molecule has 12 aromatic carbocycles. The van der Waals surface area contributed by atoms with Crippen LogP contribution in [0.1, 0.15) is 92.7 Å². The summed E-state index contributed by atoms with van der Waals surface area (Å²) in [4.78, 5) is 14.8. The van der Waals surface area contributed by atoms with Gasteiger partial charge in [0.05, 0.1) is 16.7 Å². The Balaban J connectivity index is 0.000000117. The van der Waals surface area contributed by atoms with Crippen LogP contribution < -0.4 is 0 Å². The summed E-state index contributed by atoms with van der Waals surface area (Å²) in [6, 6.07) is 91.8. The molecular formula is C102H78IrN3O6. The molecule has 0 spiro atoms. The number of aryl methyl sites for hydroxylation is 6. The Bertz CT molecular complexity index is 6500. The van der Waals surface area contributed by atoms with Crippen LogP contribution in [0.4, 0.5) is 0 Å². The summed E-state index contributed by atoms with van der Waals surface area (Å²) in [5, 5.41) is 13.6. The van der Waals surface area contributed by atoms with Crippen molar-refractivity contribution in [3.63, 3.8) is 0 Å². The maximum absolute atomic E-state index is 6.42. The Hall–Kier alpha value is -12.5. The monoisotopic (exact) mass is 1630 g/mol. The predicted octanol–water partition coefficient (Wildman–Crippen LogP) is 29.0. The van der Waals surface area contributed by atoms with Crippen molar-refractivity contribution < 1.29 is 46.6 Å². The number of aromatic nitrogens is 3. The van der Waals surface area contributed by atoms with Gasteiger partial charge in [-0.1, -0.05) is 276 Å². The molecular weight excluding hydrogens is 1560 g/mol. The van der Waals surface area contributed by atoms with Gasteiger partial charge in [-0.3, -0.25) is 0 Å². The molecule has 0 fully saturated rings. The molecule has 9 heterocycles. The number of hydrogen-bond acceptors (Lipinski definition) is 9. The minimum atomic E-state index is 0. The van der Waals surface area contributed by atoms with E-state index in [2.05, 4.69) is 205 Å². The van der Waals surface area contributed by atoms with Gasteiger partial charge in [-0.05, 0) is 125 Å². The standard InChI is InChI=1S/3C34H26NO2.Ir/c3*1-3-4-10-22-20-35-29(26-18-17-21(2)32-27-12-6-8-16-31(27)37-34(26)32)19-28(22)25-14-9-13-24-23-11-5-7-15-30(23)36-33(24)25;/h3*5-9,11-17,19-20H,3-4,10H2,1-2H3;/q3*-1;+3. The maximum atomic E-state index is 6.42. The van der Waals surface area contributed by atoms with Gasteiger partial charge in [-0.25, -0.2) is 0 Å². The van der Waals surface area contributed by atoms with Gasteiger partial charge in [-0.2, -0.15) is 0 Å². The smallest absolute Gasteiger partial charge is 0.501 e. The van der Waals surface area contributed by atoms with Crippen LogP contribution in [0, 0.1) is 39.0 Å². The molecule has 21 aromatic rings. The van der Waals surface area contributed by atoms with E-state index in [1.54, 1.807) is 0 Å². The molecule has 0 N–H and O–H groups in total. The summed E-state index contributed by atoms with van der Waals surface area (Å²) >= 11 is 0. The summed E-state index contributed by atoms with van der Waals surface area (Å²) in [5.74, 6) is 0. The molecule has 10 heteroatoms. The van der Waals surface area contributed by atoms with E-state index in [0.717, 1.165) is 273 Å². The number of nitrogens with zero attached hydrogens (tertiary/aromatic N) is 3. The van der Waals surface area contributed by atoms with Crippen molar-refractivity contribution in [1.82, 2.24) is 15.0 Å².